The maximum absolute atomic E-state index is 2.25. The molecule has 1 aromatic rings. The van der Waals surface area contributed by atoms with Crippen molar-refractivity contribution in [3.8, 4) is 0 Å². The predicted molar refractivity (Wildman–Crippen MR) is 39.9 cm³/mol. The molecule has 9 heavy (non-hydrogen) atoms. The van der Waals surface area contributed by atoms with Crippen molar-refractivity contribution in [2.24, 2.45) is 0 Å². The summed E-state index contributed by atoms with van der Waals surface area (Å²) < 4.78 is 0. The van der Waals surface area contributed by atoms with Crippen LogP contribution in [0.2, 0.25) is 0 Å². The van der Waals surface area contributed by atoms with E-state index in [0.29, 0.717) is 0 Å². The molecule has 1 heterocycles. The molecule has 1 rings (SSSR count). The molecular weight excluding hydrogens is 160 g/mol. The monoisotopic (exact) mass is 171 g/mol. The quantitative estimate of drug-likeness (QED) is 0.526. The van der Waals surface area contributed by atoms with Crippen molar-refractivity contribution in [1.82, 2.24) is 0 Å². The van der Waals surface area contributed by atoms with Crippen molar-refractivity contribution in [1.29, 1.82) is 0 Å². The summed E-state index contributed by atoms with van der Waals surface area (Å²) in [7, 11) is 1.42. The Bertz CT molecular complexity index is 176. The maximum atomic E-state index is 2.25. The fourth-order valence-electron chi connectivity index (χ4n) is 0.803. The largest absolute Gasteiger partial charge is 1.00 e. The van der Waals surface area contributed by atoms with Crippen molar-refractivity contribution < 1.29 is 27.3 Å². The second-order valence-corrected chi connectivity index (χ2v) is 3.77. The molecule has 49 valence electrons. The third kappa shape index (κ3) is 2.39. The topological polar surface area (TPSA) is 0 Å². The van der Waals surface area contributed by atoms with Crippen LogP contribution in [0.3, 0.4) is 0 Å². The molecule has 0 aromatic carbocycles. The Hall–Kier alpha value is 0.650. The van der Waals surface area contributed by atoms with Crippen LogP contribution in [-0.4, -0.2) is 0 Å². The van der Waals surface area contributed by atoms with Gasteiger partial charge in [-0.1, -0.05) is 20.8 Å². The van der Waals surface area contributed by atoms with E-state index in [1.165, 1.54) is 24.3 Å². The Balaban J connectivity index is 0. The Kier molecular flexibility index (Phi) is 4.00. The first-order chi connectivity index (χ1) is 3.70. The number of aryl methyl sites for hydroxylation is 3. The molecule has 0 bridgehead atoms. The third-order valence-corrected chi connectivity index (χ3v) is 2.51. The van der Waals surface area contributed by atoms with Gasteiger partial charge in [0.15, 0.2) is 0 Å². The summed E-state index contributed by atoms with van der Waals surface area (Å²) in [6.07, 6.45) is 0. The molecule has 1 aromatic heterocycles. The van der Waals surface area contributed by atoms with Gasteiger partial charge >= 0.3 is 0 Å². The van der Waals surface area contributed by atoms with E-state index in [1.807, 2.05) is 0 Å². The first-order valence-corrected chi connectivity index (χ1v) is 3.67. The molecule has 0 nitrogen and oxygen atoms in total. The van der Waals surface area contributed by atoms with Crippen molar-refractivity contribution in [3.63, 3.8) is 0 Å². The van der Waals surface area contributed by atoms with E-state index in [1.54, 1.807) is 0 Å². The first kappa shape index (κ1) is 9.65. The smallest absolute Gasteiger partial charge is 0 e. The SMILES string of the molecule is Cc1cc(C)[c-](C)p1.[H-].[Sc]. The standard InChI is InChI=1S/C7H10P.Sc.H/c1-5-4-6(2)8-7(5)3;;/h4H,1-3H3;;/q-1;;-1. The molecule has 0 saturated heterocycles. The molecular formula is C7H11PSc-2. The Labute approximate surface area is 78.4 Å². The zero-order chi connectivity index (χ0) is 6.15. The zero-order valence-corrected chi connectivity index (χ0v) is 8.80. The van der Waals surface area contributed by atoms with E-state index in [0.717, 1.165) is 0 Å². The van der Waals surface area contributed by atoms with Crippen molar-refractivity contribution in [2.45, 2.75) is 20.8 Å². The molecule has 0 aliphatic heterocycles. The summed E-state index contributed by atoms with van der Waals surface area (Å²) in [5, 5.41) is 2.97. The number of hydrogen-bond acceptors (Lipinski definition) is 0. The van der Waals surface area contributed by atoms with Crippen LogP contribution in [0.5, 0.6) is 0 Å². The van der Waals surface area contributed by atoms with Crippen LogP contribution >= 0.6 is 8.19 Å². The average molecular weight is 171 g/mol. The van der Waals surface area contributed by atoms with E-state index >= 15 is 0 Å². The second kappa shape index (κ2) is 3.73. The minimum Gasteiger partial charge on any atom is -1.00 e. The van der Waals surface area contributed by atoms with Gasteiger partial charge in [0.25, 0.3) is 0 Å². The van der Waals surface area contributed by atoms with Gasteiger partial charge in [0.05, 0.1) is 0 Å². The van der Waals surface area contributed by atoms with Gasteiger partial charge in [-0.25, -0.2) is 14.3 Å². The molecule has 0 aliphatic rings. The average Bonchev–Trinajstić information content (AvgIpc) is 1.85. The molecule has 2 heteroatoms. The summed E-state index contributed by atoms with van der Waals surface area (Å²) in [5.74, 6) is 0. The van der Waals surface area contributed by atoms with Gasteiger partial charge in [-0.05, 0) is 0 Å². The van der Waals surface area contributed by atoms with E-state index < -0.39 is 0 Å². The molecule has 0 amide bonds. The normalized spacial score (nSPS) is 9.67. The Morgan fingerprint density at radius 2 is 2.11 bits per heavy atom. The maximum Gasteiger partial charge on any atom is 0 e. The van der Waals surface area contributed by atoms with E-state index in [-0.39, 0.29) is 27.3 Å². The van der Waals surface area contributed by atoms with E-state index in [9.17, 15) is 0 Å². The van der Waals surface area contributed by atoms with Crippen molar-refractivity contribution in [2.75, 3.05) is 0 Å². The predicted octanol–water partition coefficient (Wildman–Crippen LogP) is 3.02. The van der Waals surface area contributed by atoms with Gasteiger partial charge in [-0.3, -0.25) is 0 Å². The van der Waals surface area contributed by atoms with Crippen molar-refractivity contribution in [3.05, 3.63) is 22.2 Å². The molecule has 0 fully saturated rings. The molecule has 0 saturated carbocycles. The van der Waals surface area contributed by atoms with Crippen LogP contribution < -0.4 is 0 Å². The second-order valence-electron chi connectivity index (χ2n) is 2.17. The minimum atomic E-state index is 0. The van der Waals surface area contributed by atoms with Crippen LogP contribution in [0.25, 0.3) is 0 Å². The molecule has 0 aliphatic carbocycles. The van der Waals surface area contributed by atoms with Crippen LogP contribution in [-0.2, 0) is 25.8 Å². The van der Waals surface area contributed by atoms with Gasteiger partial charge in [0, 0.05) is 25.8 Å². The number of hydrogen-bond donors (Lipinski definition) is 0. The molecule has 0 N–H and O–H groups in total. The Morgan fingerprint density at radius 3 is 2.22 bits per heavy atom. The third-order valence-electron chi connectivity index (χ3n) is 1.34. The molecule has 0 atom stereocenters. The fourth-order valence-corrected chi connectivity index (χ4v) is 1.83. The van der Waals surface area contributed by atoms with E-state index in [4.69, 9.17) is 0 Å². The van der Waals surface area contributed by atoms with Gasteiger partial charge < -0.3 is 1.43 Å². The summed E-state index contributed by atoms with van der Waals surface area (Å²) in [6.45, 7) is 6.52. The summed E-state index contributed by atoms with van der Waals surface area (Å²) in [6, 6.07) is 2.25. The fraction of sp³-hybridized carbons (Fsp3) is 0.429. The summed E-state index contributed by atoms with van der Waals surface area (Å²) in [4.78, 5) is 0. The minimum absolute atomic E-state index is 0. The van der Waals surface area contributed by atoms with Gasteiger partial charge in [0.1, 0.15) is 0 Å². The van der Waals surface area contributed by atoms with Gasteiger partial charge in [-0.2, -0.15) is 10.9 Å². The van der Waals surface area contributed by atoms with Crippen LogP contribution in [0.4, 0.5) is 0 Å². The van der Waals surface area contributed by atoms with Crippen molar-refractivity contribution >= 4 is 8.19 Å². The van der Waals surface area contributed by atoms with Gasteiger partial charge in [0.2, 0.25) is 0 Å². The molecule has 1 radical (unpaired) electrons. The Morgan fingerprint density at radius 1 is 1.56 bits per heavy atom. The summed E-state index contributed by atoms with van der Waals surface area (Å²) in [5.41, 5.74) is 1.45. The van der Waals surface area contributed by atoms with Crippen LogP contribution in [0.1, 0.15) is 17.6 Å². The van der Waals surface area contributed by atoms with E-state index in [2.05, 4.69) is 26.8 Å². The molecule has 0 spiro atoms. The van der Waals surface area contributed by atoms with Crippen LogP contribution in [0.15, 0.2) is 6.07 Å². The zero-order valence-electron chi connectivity index (χ0n) is 7.10. The molecule has 0 unspecified atom stereocenters. The number of rotatable bonds is 0. The van der Waals surface area contributed by atoms with Crippen LogP contribution in [0, 0.1) is 20.8 Å². The van der Waals surface area contributed by atoms with Gasteiger partial charge in [-0.15, -0.1) is 5.30 Å². The summed E-state index contributed by atoms with van der Waals surface area (Å²) >= 11 is 0. The first-order valence-electron chi connectivity index (χ1n) is 2.77.